The molecule has 1 unspecified atom stereocenters. The Labute approximate surface area is 123 Å². The van der Waals surface area contributed by atoms with Crippen molar-refractivity contribution in [2.45, 2.75) is 30.3 Å². The van der Waals surface area contributed by atoms with Gasteiger partial charge in [-0.3, -0.25) is 10.7 Å². The number of amidine groups is 1. The minimum absolute atomic E-state index is 0.0318. The van der Waals surface area contributed by atoms with Crippen LogP contribution in [0.2, 0.25) is 0 Å². The third kappa shape index (κ3) is 2.06. The van der Waals surface area contributed by atoms with Crippen molar-refractivity contribution in [3.63, 3.8) is 0 Å². The molecule has 0 aromatic rings. The summed E-state index contributed by atoms with van der Waals surface area (Å²) in [6.45, 7) is -0.409. The molecule has 5 atom stereocenters. The third-order valence-electron chi connectivity index (χ3n) is 3.67. The second-order valence-electron chi connectivity index (χ2n) is 4.96. The summed E-state index contributed by atoms with van der Waals surface area (Å²) in [5.41, 5.74) is 14.6. The van der Waals surface area contributed by atoms with Gasteiger partial charge < -0.3 is 25.0 Å². The second-order valence-corrected chi connectivity index (χ2v) is 4.96. The number of ether oxygens (including phenoxy) is 1. The van der Waals surface area contributed by atoms with E-state index in [2.05, 4.69) is 25.0 Å². The molecular weight excluding hydrogens is 296 g/mol. The number of nitrogens with two attached hydrogens (primary N) is 1. The highest BCUT2D eigenvalue weighted by Crippen LogP contribution is 2.29. The van der Waals surface area contributed by atoms with Crippen LogP contribution in [0.5, 0.6) is 0 Å². The Kier molecular flexibility index (Phi) is 3.56. The Hall–Kier alpha value is -2.08. The van der Waals surface area contributed by atoms with Gasteiger partial charge in [-0.05, 0) is 10.6 Å². The van der Waals surface area contributed by atoms with E-state index in [1.165, 1.54) is 4.90 Å². The van der Waals surface area contributed by atoms with Gasteiger partial charge in [0, 0.05) is 4.91 Å². The lowest BCUT2D eigenvalue weighted by Gasteiger charge is -2.30. The van der Waals surface area contributed by atoms with E-state index in [1.807, 2.05) is 0 Å². The van der Waals surface area contributed by atoms with Crippen molar-refractivity contribution in [1.82, 2.24) is 4.90 Å². The molecule has 22 heavy (non-hydrogen) atoms. The predicted molar refractivity (Wildman–Crippen MR) is 73.9 cm³/mol. The quantitative estimate of drug-likeness (QED) is 0.253. The number of hydrogen-bond acceptors (Lipinski definition) is 10. The van der Waals surface area contributed by atoms with Crippen LogP contribution in [0.1, 0.15) is 0 Å². The van der Waals surface area contributed by atoms with E-state index in [1.54, 1.807) is 0 Å². The molecule has 3 aliphatic heterocycles. The Bertz CT molecular complexity index is 614. The van der Waals surface area contributed by atoms with Crippen molar-refractivity contribution in [1.29, 1.82) is 0 Å². The molecule has 1 fully saturated rings. The summed E-state index contributed by atoms with van der Waals surface area (Å²) in [6, 6.07) is 0. The molecule has 0 aromatic carbocycles. The molecule has 118 valence electrons. The number of nitrogens with zero attached hydrogens (tertiary/aromatic N) is 7. The molecular formula is C10H14N8O4. The maximum atomic E-state index is 10.1. The van der Waals surface area contributed by atoms with Crippen LogP contribution in [0.25, 0.3) is 10.4 Å². The highest BCUT2D eigenvalue weighted by atomic mass is 16.6. The van der Waals surface area contributed by atoms with E-state index in [0.29, 0.717) is 0 Å². The number of fused-ring (bicyclic) bond motifs is 1. The number of azide groups is 1. The minimum atomic E-state index is -1.71. The molecule has 0 saturated carbocycles. The first-order valence-electron chi connectivity index (χ1n) is 6.43. The van der Waals surface area contributed by atoms with Crippen LogP contribution in [-0.4, -0.2) is 81.7 Å². The molecule has 0 aliphatic carbocycles. The van der Waals surface area contributed by atoms with E-state index in [9.17, 15) is 10.2 Å². The monoisotopic (exact) mass is 310 g/mol. The third-order valence-corrected chi connectivity index (χ3v) is 3.67. The number of hydrogen-bond donors (Lipinski definition) is 4. The summed E-state index contributed by atoms with van der Waals surface area (Å²) in [5.74, 6) is -1.47. The average Bonchev–Trinajstić information content (AvgIpc) is 3.03. The van der Waals surface area contributed by atoms with E-state index in [-0.39, 0.29) is 18.2 Å². The normalized spacial score (nSPS) is 40.1. The lowest BCUT2D eigenvalue weighted by Crippen LogP contribution is -2.54. The lowest BCUT2D eigenvalue weighted by atomic mass is 10.1. The fourth-order valence-electron chi connectivity index (χ4n) is 2.55. The van der Waals surface area contributed by atoms with Crippen molar-refractivity contribution in [2.75, 3.05) is 13.3 Å². The van der Waals surface area contributed by atoms with Gasteiger partial charge in [0.2, 0.25) is 5.79 Å². The number of aliphatic hydroxyl groups excluding tert-OH is 3. The number of rotatable bonds is 3. The van der Waals surface area contributed by atoms with Gasteiger partial charge in [0.05, 0.1) is 6.61 Å². The van der Waals surface area contributed by atoms with Crippen molar-refractivity contribution < 1.29 is 20.1 Å². The first-order valence-corrected chi connectivity index (χ1v) is 6.43. The zero-order valence-electron chi connectivity index (χ0n) is 11.3. The SMILES string of the molecule is [N-]=[N+]=NC1(N)N=CN=C2C1=NCN2[C@@H]1O[C@H](CO)[C@@H](O)[C@H]1O. The zero-order valence-corrected chi connectivity index (χ0v) is 11.3. The largest absolute Gasteiger partial charge is 0.394 e. The van der Waals surface area contributed by atoms with Crippen LogP contribution in [0, 0.1) is 0 Å². The summed E-state index contributed by atoms with van der Waals surface area (Å²) in [5, 5.41) is 32.4. The van der Waals surface area contributed by atoms with Crippen LogP contribution in [0.4, 0.5) is 0 Å². The molecule has 0 amide bonds. The van der Waals surface area contributed by atoms with Crippen LogP contribution in [-0.2, 0) is 4.74 Å². The smallest absolute Gasteiger partial charge is 0.235 e. The Balaban J connectivity index is 1.87. The maximum absolute atomic E-state index is 10.1. The van der Waals surface area contributed by atoms with E-state index in [4.69, 9.17) is 21.1 Å². The van der Waals surface area contributed by atoms with E-state index >= 15 is 0 Å². The van der Waals surface area contributed by atoms with Crippen molar-refractivity contribution in [3.05, 3.63) is 10.4 Å². The number of aliphatic hydroxyl groups is 3. The van der Waals surface area contributed by atoms with Gasteiger partial charge in [0.1, 0.15) is 37.0 Å². The zero-order chi connectivity index (χ0) is 15.9. The molecule has 1 saturated heterocycles. The van der Waals surface area contributed by atoms with Gasteiger partial charge in [-0.2, -0.15) is 0 Å². The summed E-state index contributed by atoms with van der Waals surface area (Å²) < 4.78 is 5.43. The molecule has 5 N–H and O–H groups in total. The molecule has 3 rings (SSSR count). The van der Waals surface area contributed by atoms with Gasteiger partial charge in [-0.25, -0.2) is 9.98 Å². The van der Waals surface area contributed by atoms with Crippen molar-refractivity contribution in [2.24, 2.45) is 25.8 Å². The first-order chi connectivity index (χ1) is 10.5. The van der Waals surface area contributed by atoms with Crippen molar-refractivity contribution >= 4 is 17.9 Å². The van der Waals surface area contributed by atoms with Crippen LogP contribution in [0.15, 0.2) is 20.1 Å². The first kappa shape index (κ1) is 14.8. The molecule has 0 bridgehead atoms. The van der Waals surface area contributed by atoms with Crippen molar-refractivity contribution in [3.8, 4) is 0 Å². The summed E-state index contributed by atoms with van der Waals surface area (Å²) in [7, 11) is 0. The Morgan fingerprint density at radius 1 is 1.55 bits per heavy atom. The maximum Gasteiger partial charge on any atom is 0.235 e. The van der Waals surface area contributed by atoms with E-state index in [0.717, 1.165) is 6.34 Å². The summed E-state index contributed by atoms with van der Waals surface area (Å²) in [4.78, 5) is 16.1. The molecule has 12 nitrogen and oxygen atoms in total. The fourth-order valence-corrected chi connectivity index (χ4v) is 2.55. The fraction of sp³-hybridized carbons (Fsp3) is 0.700. The van der Waals surface area contributed by atoms with Gasteiger partial charge >= 0.3 is 0 Å². The number of aliphatic imine (C=N–C) groups is 3. The predicted octanol–water partition coefficient (Wildman–Crippen LogP) is -2.50. The van der Waals surface area contributed by atoms with Gasteiger partial charge in [-0.1, -0.05) is 0 Å². The highest BCUT2D eigenvalue weighted by Gasteiger charge is 2.50. The standard InChI is InChI=1S/C10H14N8O4/c11-10(16-17-12)7-8(13-2-15-10)18(3-14-7)9-6(21)5(20)4(1-19)22-9/h2,4-6,9,19-21H,1,3,11H2/t4-,5-,6-,9-,10?/m1/s1. The highest BCUT2D eigenvalue weighted by molar-refractivity contribution is 6.47. The summed E-state index contributed by atoms with van der Waals surface area (Å²) >= 11 is 0. The summed E-state index contributed by atoms with van der Waals surface area (Å²) in [6.07, 6.45) is -3.25. The lowest BCUT2D eigenvalue weighted by molar-refractivity contribution is -0.0688. The Morgan fingerprint density at radius 3 is 2.95 bits per heavy atom. The Morgan fingerprint density at radius 2 is 2.32 bits per heavy atom. The van der Waals surface area contributed by atoms with Gasteiger partial charge in [-0.15, -0.1) is 0 Å². The molecule has 0 radical (unpaired) electrons. The minimum Gasteiger partial charge on any atom is -0.394 e. The molecule has 3 heterocycles. The average molecular weight is 310 g/mol. The second kappa shape index (κ2) is 5.28. The van der Waals surface area contributed by atoms with Crippen LogP contribution < -0.4 is 5.73 Å². The molecule has 0 aromatic heterocycles. The van der Waals surface area contributed by atoms with Crippen LogP contribution in [0.3, 0.4) is 0 Å². The van der Waals surface area contributed by atoms with E-state index < -0.39 is 36.9 Å². The van der Waals surface area contributed by atoms with Gasteiger partial charge in [0.15, 0.2) is 12.1 Å². The molecule has 3 aliphatic rings. The van der Waals surface area contributed by atoms with Gasteiger partial charge in [0.25, 0.3) is 0 Å². The molecule has 12 heteroatoms. The molecule has 0 spiro atoms. The van der Waals surface area contributed by atoms with Crippen LogP contribution >= 0.6 is 0 Å². The topological polar surface area (TPSA) is 185 Å².